The number of hydrogen-bond acceptors (Lipinski definition) is 3. The van der Waals surface area contributed by atoms with Crippen molar-refractivity contribution in [2.75, 3.05) is 5.73 Å². The van der Waals surface area contributed by atoms with E-state index >= 15 is 0 Å². The molecule has 0 aliphatic heterocycles. The van der Waals surface area contributed by atoms with Crippen LogP contribution in [0, 0.1) is 3.70 Å². The average Bonchev–Trinajstić information content (AvgIpc) is 2.02. The van der Waals surface area contributed by atoms with Gasteiger partial charge < -0.3 is 10.8 Å². The third-order valence-corrected chi connectivity index (χ3v) is 2.36. The number of nitrogen functional groups attached to an aromatic ring is 1. The smallest absolute Gasteiger partial charge is 0.339 e. The molecule has 7 heteroatoms. The van der Waals surface area contributed by atoms with Gasteiger partial charge in [0.15, 0.2) is 0 Å². The first kappa shape index (κ1) is 11.1. The van der Waals surface area contributed by atoms with E-state index in [0.29, 0.717) is 0 Å². The Bertz CT molecular complexity index is 384. The van der Waals surface area contributed by atoms with Gasteiger partial charge in [-0.05, 0) is 28.7 Å². The van der Waals surface area contributed by atoms with Crippen LogP contribution in [0.3, 0.4) is 0 Å². The van der Waals surface area contributed by atoms with Crippen LogP contribution in [-0.4, -0.2) is 16.1 Å². The molecule has 0 bridgehead atoms. The van der Waals surface area contributed by atoms with Crippen molar-refractivity contribution in [3.8, 4) is 0 Å². The second-order valence-electron chi connectivity index (χ2n) is 2.41. The van der Waals surface area contributed by atoms with E-state index in [9.17, 15) is 13.6 Å². The van der Waals surface area contributed by atoms with Gasteiger partial charge in [0.05, 0.1) is 5.56 Å². The summed E-state index contributed by atoms with van der Waals surface area (Å²) < 4.78 is 24.7. The molecular weight excluding hydrogens is 309 g/mol. The maximum absolute atomic E-state index is 12.3. The molecule has 3 N–H and O–H groups in total. The van der Waals surface area contributed by atoms with Gasteiger partial charge in [0.1, 0.15) is 15.1 Å². The molecule has 0 aromatic carbocycles. The Hall–Kier alpha value is -0.990. The highest BCUT2D eigenvalue weighted by Crippen LogP contribution is 2.26. The Morgan fingerprint density at radius 1 is 1.64 bits per heavy atom. The molecule has 0 unspecified atom stereocenters. The number of carbonyl (C=O) groups is 1. The Labute approximate surface area is 91.3 Å². The fourth-order valence-corrected chi connectivity index (χ4v) is 1.49. The molecule has 14 heavy (non-hydrogen) atoms. The average molecular weight is 314 g/mol. The van der Waals surface area contributed by atoms with Crippen molar-refractivity contribution in [3.63, 3.8) is 0 Å². The lowest BCUT2D eigenvalue weighted by Crippen LogP contribution is -2.08. The largest absolute Gasteiger partial charge is 0.478 e. The summed E-state index contributed by atoms with van der Waals surface area (Å²) in [5.74, 6) is -1.63. The van der Waals surface area contributed by atoms with Crippen molar-refractivity contribution in [2.45, 2.75) is 6.43 Å². The van der Waals surface area contributed by atoms with Crippen LogP contribution in [0.4, 0.5) is 14.6 Å². The normalized spacial score (nSPS) is 10.6. The fraction of sp³-hybridized carbons (Fsp3) is 0.143. The fourth-order valence-electron chi connectivity index (χ4n) is 0.844. The Balaban J connectivity index is 3.34. The van der Waals surface area contributed by atoms with Crippen LogP contribution in [0.1, 0.15) is 22.3 Å². The van der Waals surface area contributed by atoms with Gasteiger partial charge in [-0.15, -0.1) is 0 Å². The molecule has 76 valence electrons. The molecule has 0 fully saturated rings. The molecular formula is C7H5F2IN2O2. The number of aromatic carboxylic acids is 1. The molecule has 4 nitrogen and oxygen atoms in total. The number of nitrogens with zero attached hydrogens (tertiary/aromatic N) is 1. The van der Waals surface area contributed by atoms with Crippen LogP contribution in [0.25, 0.3) is 0 Å². The lowest BCUT2D eigenvalue weighted by atomic mass is 10.2. The molecule has 1 aromatic rings. The summed E-state index contributed by atoms with van der Waals surface area (Å²) in [5, 5.41) is 8.60. The Morgan fingerprint density at radius 2 is 2.21 bits per heavy atom. The van der Waals surface area contributed by atoms with Crippen LogP contribution in [-0.2, 0) is 0 Å². The Kier molecular flexibility index (Phi) is 3.19. The van der Waals surface area contributed by atoms with Gasteiger partial charge in [-0.25, -0.2) is 18.6 Å². The van der Waals surface area contributed by atoms with E-state index in [-0.39, 0.29) is 9.52 Å². The van der Waals surface area contributed by atoms with Gasteiger partial charge in [0.25, 0.3) is 6.43 Å². The second kappa shape index (κ2) is 4.03. The number of rotatable bonds is 2. The third-order valence-electron chi connectivity index (χ3n) is 1.50. The zero-order valence-electron chi connectivity index (χ0n) is 6.67. The van der Waals surface area contributed by atoms with Gasteiger partial charge in [0.2, 0.25) is 0 Å². The predicted octanol–water partition coefficient (Wildman–Crippen LogP) is 1.90. The highest BCUT2D eigenvalue weighted by molar-refractivity contribution is 14.1. The number of alkyl halides is 2. The monoisotopic (exact) mass is 314 g/mol. The standard InChI is InChI=1S/C7H5F2IN2O2/c8-4(9)2-1-3(7(13)14)6(11)12-5(2)10/h1,4H,(H2,11,12)(H,13,14). The van der Waals surface area contributed by atoms with E-state index in [1.807, 2.05) is 0 Å². The number of carboxylic acids is 1. The number of halogens is 3. The first-order chi connectivity index (χ1) is 6.43. The number of aromatic nitrogens is 1. The predicted molar refractivity (Wildman–Crippen MR) is 53.3 cm³/mol. The highest BCUT2D eigenvalue weighted by atomic mass is 127. The van der Waals surface area contributed by atoms with Crippen molar-refractivity contribution < 1.29 is 18.7 Å². The summed E-state index contributed by atoms with van der Waals surface area (Å²) in [7, 11) is 0. The molecule has 0 aliphatic rings. The quantitative estimate of drug-likeness (QED) is 0.646. The van der Waals surface area contributed by atoms with Gasteiger partial charge >= 0.3 is 5.97 Å². The summed E-state index contributed by atoms with van der Waals surface area (Å²) in [6.45, 7) is 0. The zero-order chi connectivity index (χ0) is 10.9. The lowest BCUT2D eigenvalue weighted by molar-refractivity contribution is 0.0697. The number of carboxylic acid groups (broad SMARTS) is 1. The van der Waals surface area contributed by atoms with E-state index < -0.39 is 23.5 Å². The molecule has 0 spiro atoms. The molecule has 1 heterocycles. The zero-order valence-corrected chi connectivity index (χ0v) is 8.83. The lowest BCUT2D eigenvalue weighted by Gasteiger charge is -2.06. The SMILES string of the molecule is Nc1nc(I)c(C(F)F)cc1C(=O)O. The van der Waals surface area contributed by atoms with E-state index in [2.05, 4.69) is 4.98 Å². The van der Waals surface area contributed by atoms with Crippen LogP contribution in [0.5, 0.6) is 0 Å². The van der Waals surface area contributed by atoms with E-state index in [4.69, 9.17) is 10.8 Å². The van der Waals surface area contributed by atoms with Crippen molar-refractivity contribution in [1.29, 1.82) is 0 Å². The summed E-state index contributed by atoms with van der Waals surface area (Å²) in [6.07, 6.45) is -2.76. The van der Waals surface area contributed by atoms with E-state index in [0.717, 1.165) is 6.07 Å². The molecule has 0 amide bonds. The summed E-state index contributed by atoms with van der Waals surface area (Å²) in [6, 6.07) is 0.844. The van der Waals surface area contributed by atoms with Gasteiger partial charge in [-0.1, -0.05) is 0 Å². The number of hydrogen-bond donors (Lipinski definition) is 2. The van der Waals surface area contributed by atoms with Crippen molar-refractivity contribution >= 4 is 34.4 Å². The van der Waals surface area contributed by atoms with Gasteiger partial charge in [0, 0.05) is 0 Å². The first-order valence-corrected chi connectivity index (χ1v) is 4.48. The van der Waals surface area contributed by atoms with Crippen molar-refractivity contribution in [3.05, 3.63) is 20.9 Å². The van der Waals surface area contributed by atoms with E-state index in [1.54, 1.807) is 22.6 Å². The van der Waals surface area contributed by atoms with Crippen molar-refractivity contribution in [1.82, 2.24) is 4.98 Å². The molecule has 0 aliphatic carbocycles. The second-order valence-corrected chi connectivity index (χ2v) is 3.43. The third kappa shape index (κ3) is 2.08. The Morgan fingerprint density at radius 3 is 2.64 bits per heavy atom. The minimum absolute atomic E-state index is 0.0140. The molecule has 1 aromatic heterocycles. The topological polar surface area (TPSA) is 76.2 Å². The molecule has 0 saturated carbocycles. The van der Waals surface area contributed by atoms with Crippen LogP contribution < -0.4 is 5.73 Å². The molecule has 0 saturated heterocycles. The molecule has 0 radical (unpaired) electrons. The van der Waals surface area contributed by atoms with E-state index in [1.165, 1.54) is 0 Å². The maximum Gasteiger partial charge on any atom is 0.339 e. The van der Waals surface area contributed by atoms with Gasteiger partial charge in [-0.3, -0.25) is 0 Å². The number of nitrogens with two attached hydrogens (primary N) is 1. The first-order valence-electron chi connectivity index (χ1n) is 3.41. The minimum atomic E-state index is -2.76. The number of anilines is 1. The van der Waals surface area contributed by atoms with Crippen molar-refractivity contribution in [2.24, 2.45) is 0 Å². The van der Waals surface area contributed by atoms with Crippen LogP contribution in [0.2, 0.25) is 0 Å². The number of pyridine rings is 1. The molecule has 1 rings (SSSR count). The maximum atomic E-state index is 12.3. The highest BCUT2D eigenvalue weighted by Gasteiger charge is 2.18. The summed E-state index contributed by atoms with van der Waals surface area (Å²) in [5.41, 5.74) is 4.43. The summed E-state index contributed by atoms with van der Waals surface area (Å²) in [4.78, 5) is 14.1. The summed E-state index contributed by atoms with van der Waals surface area (Å²) >= 11 is 1.58. The van der Waals surface area contributed by atoms with Crippen LogP contribution >= 0.6 is 22.6 Å². The van der Waals surface area contributed by atoms with Crippen LogP contribution in [0.15, 0.2) is 6.07 Å². The minimum Gasteiger partial charge on any atom is -0.478 e. The molecule has 0 atom stereocenters. The van der Waals surface area contributed by atoms with Gasteiger partial charge in [-0.2, -0.15) is 0 Å².